The monoisotopic (exact) mass is 452 g/mol. The van der Waals surface area contributed by atoms with Gasteiger partial charge in [-0.05, 0) is 30.5 Å². The Kier molecular flexibility index (Phi) is 7.35. The van der Waals surface area contributed by atoms with Crippen LogP contribution in [0.25, 0.3) is 0 Å². The molecule has 174 valence electrons. The SMILES string of the molecule is NC(=O)[C@@H]1CCC[N+]1(C(=O)c1cc(F)ccc1F)C(=O)[C@H](CC1CCCC1)CN(O)C=O. The summed E-state index contributed by atoms with van der Waals surface area (Å²) in [5.74, 6) is -5.35. The number of likely N-dealkylation sites (tertiary alicyclic amines) is 1. The van der Waals surface area contributed by atoms with Crippen molar-refractivity contribution in [2.24, 2.45) is 17.6 Å². The van der Waals surface area contributed by atoms with Crippen LogP contribution in [0.15, 0.2) is 18.2 Å². The van der Waals surface area contributed by atoms with E-state index in [2.05, 4.69) is 0 Å². The number of carbonyl (C=O) groups is 4. The smallest absolute Gasteiger partial charge is 0.357 e. The lowest BCUT2D eigenvalue weighted by molar-refractivity contribution is -0.777. The molecule has 1 heterocycles. The lowest BCUT2D eigenvalue weighted by atomic mass is 9.90. The summed E-state index contributed by atoms with van der Waals surface area (Å²) in [5.41, 5.74) is 4.91. The van der Waals surface area contributed by atoms with Gasteiger partial charge in [-0.25, -0.2) is 23.4 Å². The Morgan fingerprint density at radius 2 is 1.88 bits per heavy atom. The zero-order valence-electron chi connectivity index (χ0n) is 17.7. The largest absolute Gasteiger partial charge is 0.364 e. The molecule has 2 fully saturated rings. The van der Waals surface area contributed by atoms with E-state index in [0.29, 0.717) is 24.0 Å². The number of hydroxylamine groups is 2. The molecule has 3 rings (SSSR count). The number of hydrogen-bond acceptors (Lipinski definition) is 5. The third kappa shape index (κ3) is 4.56. The highest BCUT2D eigenvalue weighted by atomic mass is 19.1. The van der Waals surface area contributed by atoms with Crippen molar-refractivity contribution in [1.29, 1.82) is 0 Å². The van der Waals surface area contributed by atoms with Crippen LogP contribution in [-0.4, -0.2) is 58.0 Å². The zero-order chi connectivity index (χ0) is 23.5. The number of carbonyl (C=O) groups excluding carboxylic acids is 4. The molecule has 0 radical (unpaired) electrons. The molecule has 8 nitrogen and oxygen atoms in total. The van der Waals surface area contributed by atoms with Gasteiger partial charge in [0, 0.05) is 12.8 Å². The first-order valence-electron chi connectivity index (χ1n) is 10.8. The van der Waals surface area contributed by atoms with Crippen LogP contribution in [0.3, 0.4) is 0 Å². The molecule has 3 N–H and O–H groups in total. The van der Waals surface area contributed by atoms with Gasteiger partial charge in [0.1, 0.15) is 17.2 Å². The molecule has 4 amide bonds. The summed E-state index contributed by atoms with van der Waals surface area (Å²) in [4.78, 5) is 50.8. The second kappa shape index (κ2) is 9.83. The molecule has 10 heteroatoms. The minimum Gasteiger partial charge on any atom is -0.364 e. The van der Waals surface area contributed by atoms with Crippen LogP contribution in [-0.2, 0) is 14.4 Å². The maximum atomic E-state index is 14.5. The normalized spacial score (nSPS) is 24.3. The molecular weight excluding hydrogens is 424 g/mol. The summed E-state index contributed by atoms with van der Waals surface area (Å²) in [7, 11) is 0. The van der Waals surface area contributed by atoms with Gasteiger partial charge in [0.15, 0.2) is 6.04 Å². The van der Waals surface area contributed by atoms with Crippen LogP contribution < -0.4 is 5.73 Å². The molecule has 32 heavy (non-hydrogen) atoms. The summed E-state index contributed by atoms with van der Waals surface area (Å²) in [6, 6.07) is 1.10. The van der Waals surface area contributed by atoms with Gasteiger partial charge in [-0.3, -0.25) is 14.8 Å². The van der Waals surface area contributed by atoms with Crippen molar-refractivity contribution >= 4 is 24.1 Å². The van der Waals surface area contributed by atoms with E-state index >= 15 is 0 Å². The minimum atomic E-state index is -1.24. The van der Waals surface area contributed by atoms with Crippen molar-refractivity contribution in [2.45, 2.75) is 51.0 Å². The van der Waals surface area contributed by atoms with E-state index in [1.807, 2.05) is 0 Å². The van der Waals surface area contributed by atoms with Gasteiger partial charge in [-0.1, -0.05) is 25.7 Å². The minimum absolute atomic E-state index is 0.102. The predicted molar refractivity (Wildman–Crippen MR) is 108 cm³/mol. The van der Waals surface area contributed by atoms with Gasteiger partial charge in [-0.15, -0.1) is 0 Å². The topological polar surface area (TPSA) is 118 Å². The highest BCUT2D eigenvalue weighted by Gasteiger charge is 2.59. The van der Waals surface area contributed by atoms with Gasteiger partial charge < -0.3 is 5.73 Å². The summed E-state index contributed by atoms with van der Waals surface area (Å²) >= 11 is 0. The molecule has 1 aliphatic carbocycles. The number of halogens is 2. The van der Waals surface area contributed by atoms with Crippen LogP contribution in [0.2, 0.25) is 0 Å². The maximum absolute atomic E-state index is 14.5. The second-order valence-corrected chi connectivity index (χ2v) is 8.73. The van der Waals surface area contributed by atoms with Gasteiger partial charge in [0.2, 0.25) is 6.41 Å². The number of hydrogen-bond donors (Lipinski definition) is 2. The first-order chi connectivity index (χ1) is 15.2. The van der Waals surface area contributed by atoms with Crippen LogP contribution in [0, 0.1) is 23.5 Å². The highest BCUT2D eigenvalue weighted by Crippen LogP contribution is 2.37. The number of nitrogens with zero attached hydrogens (tertiary/aromatic N) is 2. The predicted octanol–water partition coefficient (Wildman–Crippen LogP) is 2.14. The van der Waals surface area contributed by atoms with Gasteiger partial charge >= 0.3 is 11.8 Å². The number of quaternary nitrogens is 1. The van der Waals surface area contributed by atoms with Crippen LogP contribution >= 0.6 is 0 Å². The summed E-state index contributed by atoms with van der Waals surface area (Å²) < 4.78 is 27.3. The molecule has 1 saturated carbocycles. The number of rotatable bonds is 8. The number of amides is 4. The Morgan fingerprint density at radius 3 is 2.50 bits per heavy atom. The maximum Gasteiger partial charge on any atom is 0.357 e. The average molecular weight is 452 g/mol. The third-order valence-electron chi connectivity index (χ3n) is 6.73. The molecule has 1 saturated heterocycles. The Morgan fingerprint density at radius 1 is 1.19 bits per heavy atom. The van der Waals surface area contributed by atoms with Crippen LogP contribution in [0.4, 0.5) is 8.78 Å². The molecule has 1 unspecified atom stereocenters. The lowest BCUT2D eigenvalue weighted by Gasteiger charge is -2.36. The summed E-state index contributed by atoms with van der Waals surface area (Å²) in [6.45, 7) is -0.474. The molecule has 1 aromatic carbocycles. The molecule has 0 bridgehead atoms. The van der Waals surface area contributed by atoms with E-state index in [0.717, 1.165) is 37.8 Å². The van der Waals surface area contributed by atoms with Crippen LogP contribution in [0.1, 0.15) is 55.3 Å². The summed E-state index contributed by atoms with van der Waals surface area (Å²) in [5, 5.41) is 10.1. The van der Waals surface area contributed by atoms with Gasteiger partial charge in [0.25, 0.3) is 5.91 Å². The molecule has 2 aliphatic rings. The van der Waals surface area contributed by atoms with E-state index in [1.165, 1.54) is 0 Å². The number of nitrogens with two attached hydrogens (primary N) is 1. The van der Waals surface area contributed by atoms with E-state index in [4.69, 9.17) is 5.73 Å². The Labute approximate surface area is 184 Å². The first-order valence-corrected chi connectivity index (χ1v) is 10.8. The zero-order valence-corrected chi connectivity index (χ0v) is 17.7. The van der Waals surface area contributed by atoms with E-state index < -0.39 is 51.4 Å². The van der Waals surface area contributed by atoms with Crippen molar-refractivity contribution in [3.63, 3.8) is 0 Å². The summed E-state index contributed by atoms with van der Waals surface area (Å²) in [6.07, 6.45) is 4.59. The Bertz CT molecular complexity index is 906. The second-order valence-electron chi connectivity index (χ2n) is 8.73. The number of benzene rings is 1. The molecule has 1 aliphatic heterocycles. The van der Waals surface area contributed by atoms with E-state index in [1.54, 1.807) is 0 Å². The molecule has 3 atom stereocenters. The molecule has 0 aromatic heterocycles. The van der Waals surface area contributed by atoms with Crippen molar-refractivity contribution in [3.05, 3.63) is 35.4 Å². The van der Waals surface area contributed by atoms with Gasteiger partial charge in [0.05, 0.1) is 19.0 Å². The lowest BCUT2D eigenvalue weighted by Crippen LogP contribution is -2.66. The van der Waals surface area contributed by atoms with Crippen molar-refractivity contribution in [3.8, 4) is 0 Å². The number of primary amides is 1. The van der Waals surface area contributed by atoms with E-state index in [9.17, 15) is 33.2 Å². The fourth-order valence-corrected chi connectivity index (χ4v) is 5.25. The van der Waals surface area contributed by atoms with E-state index in [-0.39, 0.29) is 31.8 Å². The Hall–Kier alpha value is -2.72. The molecule has 0 spiro atoms. The highest BCUT2D eigenvalue weighted by molar-refractivity contribution is 5.99. The standard InChI is InChI=1S/C22H27F2N3O5/c23-16-7-8-18(24)17(11-16)22(31)27(9-3-6-19(27)20(25)29)21(30)15(12-26(32)13-28)10-14-4-1-2-5-14/h7-8,11,13-15,19,32H,1-6,9-10,12H2,(H-,25,29)/p+1/t15-,19+,27?/m1/s1. The quantitative estimate of drug-likeness (QED) is 0.271. The first kappa shape index (κ1) is 23.9. The fraction of sp³-hybridized carbons (Fsp3) is 0.545. The average Bonchev–Trinajstić information content (AvgIpc) is 3.44. The van der Waals surface area contributed by atoms with Crippen molar-refractivity contribution in [2.75, 3.05) is 13.1 Å². The third-order valence-corrected chi connectivity index (χ3v) is 6.73. The van der Waals surface area contributed by atoms with Gasteiger partial charge in [-0.2, -0.15) is 4.48 Å². The molecule has 1 aromatic rings. The molecular formula is C22H28F2N3O5+. The van der Waals surface area contributed by atoms with Crippen molar-refractivity contribution in [1.82, 2.24) is 5.06 Å². The fourth-order valence-electron chi connectivity index (χ4n) is 5.25. The Balaban J connectivity index is 2.07. The van der Waals surface area contributed by atoms with Crippen LogP contribution in [0.5, 0.6) is 0 Å². The number of imide groups is 1. The van der Waals surface area contributed by atoms with Crippen molar-refractivity contribution < 1.29 is 37.6 Å².